The van der Waals surface area contributed by atoms with Gasteiger partial charge >= 0.3 is 0 Å². The maximum absolute atomic E-state index is 10.8. The van der Waals surface area contributed by atoms with Crippen molar-refractivity contribution in [2.75, 3.05) is 13.1 Å². The molecule has 0 spiro atoms. The molecule has 2 aromatic rings. The summed E-state index contributed by atoms with van der Waals surface area (Å²) < 4.78 is 3.33. The van der Waals surface area contributed by atoms with Gasteiger partial charge in [0.1, 0.15) is 5.60 Å². The molecule has 1 fully saturated rings. The van der Waals surface area contributed by atoms with E-state index in [2.05, 4.69) is 26.3 Å². The summed E-state index contributed by atoms with van der Waals surface area (Å²) in [6.07, 6.45) is 0.772. The number of aliphatic hydroxyl groups is 1. The largest absolute Gasteiger partial charge is 0.384 e. The second-order valence-corrected chi connectivity index (χ2v) is 7.03. The Hall–Kier alpha value is -0.810. The summed E-state index contributed by atoms with van der Waals surface area (Å²) in [5.41, 5.74) is 0.283. The summed E-state index contributed by atoms with van der Waals surface area (Å²) >= 11 is 5.27. The Labute approximate surface area is 132 Å². The van der Waals surface area contributed by atoms with E-state index in [1.54, 1.807) is 11.9 Å². The summed E-state index contributed by atoms with van der Waals surface area (Å²) in [6.45, 7) is 1.54. The van der Waals surface area contributed by atoms with E-state index in [0.717, 1.165) is 23.0 Å². The van der Waals surface area contributed by atoms with Crippen molar-refractivity contribution in [3.63, 3.8) is 0 Å². The van der Waals surface area contributed by atoms with Gasteiger partial charge in [0.2, 0.25) is 0 Å². The van der Waals surface area contributed by atoms with Crippen molar-refractivity contribution >= 4 is 27.9 Å². The first-order valence-electron chi connectivity index (χ1n) is 6.63. The lowest BCUT2D eigenvalue weighted by Crippen LogP contribution is -2.28. The van der Waals surface area contributed by atoms with Crippen molar-refractivity contribution in [2.45, 2.75) is 16.9 Å². The first kappa shape index (κ1) is 14.1. The molecule has 2 aromatic carbocycles. The van der Waals surface area contributed by atoms with Gasteiger partial charge in [-0.05, 0) is 52.0 Å². The lowest BCUT2D eigenvalue weighted by Gasteiger charge is -2.23. The molecule has 1 atom stereocenters. The van der Waals surface area contributed by atoms with Gasteiger partial charge in [-0.1, -0.05) is 42.5 Å². The van der Waals surface area contributed by atoms with E-state index in [1.807, 2.05) is 48.5 Å². The molecule has 0 aromatic heterocycles. The molecule has 0 saturated carbocycles. The Morgan fingerprint density at radius 3 is 2.50 bits per heavy atom. The Bertz CT molecular complexity index is 592. The third-order valence-electron chi connectivity index (χ3n) is 3.59. The normalized spacial score (nSPS) is 23.1. The molecule has 1 heterocycles. The number of β-amino-alcohol motifs (C(OH)–C–C–N with tert-alkyl or cyclic N) is 1. The highest BCUT2D eigenvalue weighted by Crippen LogP contribution is 2.38. The molecular formula is C16H16BrNOS. The van der Waals surface area contributed by atoms with Crippen molar-refractivity contribution < 1.29 is 5.11 Å². The predicted octanol–water partition coefficient (Wildman–Crippen LogP) is 4.05. The minimum atomic E-state index is -0.727. The Morgan fingerprint density at radius 1 is 1.05 bits per heavy atom. The Kier molecular flexibility index (Phi) is 4.17. The van der Waals surface area contributed by atoms with Crippen LogP contribution in [0.15, 0.2) is 64.0 Å². The van der Waals surface area contributed by atoms with Gasteiger partial charge in [-0.2, -0.15) is 0 Å². The molecule has 4 heteroatoms. The van der Waals surface area contributed by atoms with E-state index in [0.29, 0.717) is 6.54 Å². The SMILES string of the molecule is OC1(c2ccccc2)CCN(Sc2ccccc2Br)C1. The Morgan fingerprint density at radius 2 is 1.75 bits per heavy atom. The van der Waals surface area contributed by atoms with Crippen molar-refractivity contribution in [1.29, 1.82) is 0 Å². The summed E-state index contributed by atoms with van der Waals surface area (Å²) in [4.78, 5) is 1.19. The fraction of sp³-hybridized carbons (Fsp3) is 0.250. The van der Waals surface area contributed by atoms with Crippen molar-refractivity contribution in [3.8, 4) is 0 Å². The number of benzene rings is 2. The predicted molar refractivity (Wildman–Crippen MR) is 86.5 cm³/mol. The van der Waals surface area contributed by atoms with Gasteiger partial charge in [0.25, 0.3) is 0 Å². The monoisotopic (exact) mass is 349 g/mol. The molecule has 2 nitrogen and oxygen atoms in total. The van der Waals surface area contributed by atoms with Gasteiger partial charge in [0.05, 0.1) is 0 Å². The van der Waals surface area contributed by atoms with Crippen LogP contribution in [-0.4, -0.2) is 22.5 Å². The Balaban J connectivity index is 1.73. The van der Waals surface area contributed by atoms with Crippen LogP contribution < -0.4 is 0 Å². The van der Waals surface area contributed by atoms with Gasteiger partial charge in [-0.15, -0.1) is 0 Å². The van der Waals surface area contributed by atoms with Gasteiger partial charge in [-0.3, -0.25) is 0 Å². The molecule has 1 unspecified atom stereocenters. The van der Waals surface area contributed by atoms with Crippen LogP contribution in [0, 0.1) is 0 Å². The summed E-state index contributed by atoms with van der Waals surface area (Å²) in [5, 5.41) is 10.8. The van der Waals surface area contributed by atoms with Crippen LogP contribution in [0.3, 0.4) is 0 Å². The van der Waals surface area contributed by atoms with Crippen LogP contribution in [0.1, 0.15) is 12.0 Å². The number of hydrogen-bond donors (Lipinski definition) is 1. The zero-order valence-electron chi connectivity index (χ0n) is 11.0. The molecular weight excluding hydrogens is 334 g/mol. The molecule has 1 aliphatic heterocycles. The number of rotatable bonds is 3. The number of hydrogen-bond acceptors (Lipinski definition) is 3. The van der Waals surface area contributed by atoms with Crippen LogP contribution in [0.4, 0.5) is 0 Å². The summed E-state index contributed by atoms with van der Waals surface area (Å²) in [7, 11) is 0. The van der Waals surface area contributed by atoms with Crippen LogP contribution in [0.2, 0.25) is 0 Å². The number of nitrogens with zero attached hydrogens (tertiary/aromatic N) is 1. The van der Waals surface area contributed by atoms with Crippen LogP contribution in [0.5, 0.6) is 0 Å². The topological polar surface area (TPSA) is 23.5 Å². The zero-order chi connectivity index (χ0) is 14.0. The van der Waals surface area contributed by atoms with E-state index >= 15 is 0 Å². The maximum Gasteiger partial charge on any atom is 0.104 e. The van der Waals surface area contributed by atoms with Crippen LogP contribution in [0.25, 0.3) is 0 Å². The van der Waals surface area contributed by atoms with Gasteiger partial charge in [-0.25, -0.2) is 4.31 Å². The third kappa shape index (κ3) is 2.93. The average Bonchev–Trinajstić information content (AvgIpc) is 2.85. The second-order valence-electron chi connectivity index (χ2n) is 5.03. The van der Waals surface area contributed by atoms with E-state index < -0.39 is 5.60 Å². The minimum absolute atomic E-state index is 0.656. The molecule has 1 aliphatic rings. The summed E-state index contributed by atoms with van der Waals surface area (Å²) in [5.74, 6) is 0. The lowest BCUT2D eigenvalue weighted by atomic mass is 9.93. The van der Waals surface area contributed by atoms with Crippen molar-refractivity contribution in [2.24, 2.45) is 0 Å². The van der Waals surface area contributed by atoms with Crippen LogP contribution in [-0.2, 0) is 5.60 Å². The fourth-order valence-corrected chi connectivity index (χ4v) is 4.01. The fourth-order valence-electron chi connectivity index (χ4n) is 2.48. The lowest BCUT2D eigenvalue weighted by molar-refractivity contribution is 0.0538. The zero-order valence-corrected chi connectivity index (χ0v) is 13.4. The van der Waals surface area contributed by atoms with E-state index in [1.165, 1.54) is 4.90 Å². The van der Waals surface area contributed by atoms with Crippen LogP contribution >= 0.6 is 27.9 Å². The molecule has 104 valence electrons. The van der Waals surface area contributed by atoms with Crippen molar-refractivity contribution in [1.82, 2.24) is 4.31 Å². The molecule has 1 saturated heterocycles. The first-order chi connectivity index (χ1) is 9.67. The molecule has 3 rings (SSSR count). The average molecular weight is 350 g/mol. The standard InChI is InChI=1S/C16H16BrNOS/c17-14-8-4-5-9-15(14)20-18-11-10-16(19,12-18)13-6-2-1-3-7-13/h1-9,19H,10-12H2. The molecule has 0 amide bonds. The maximum atomic E-state index is 10.8. The third-order valence-corrected chi connectivity index (χ3v) is 5.66. The van der Waals surface area contributed by atoms with Crippen molar-refractivity contribution in [3.05, 3.63) is 64.6 Å². The van der Waals surface area contributed by atoms with Gasteiger partial charge < -0.3 is 5.11 Å². The quantitative estimate of drug-likeness (QED) is 0.845. The summed E-state index contributed by atoms with van der Waals surface area (Å²) in [6, 6.07) is 18.1. The molecule has 20 heavy (non-hydrogen) atoms. The van der Waals surface area contributed by atoms with E-state index in [-0.39, 0.29) is 0 Å². The molecule has 0 aliphatic carbocycles. The molecule has 1 N–H and O–H groups in total. The van der Waals surface area contributed by atoms with Gasteiger partial charge in [0.15, 0.2) is 0 Å². The van der Waals surface area contributed by atoms with E-state index in [9.17, 15) is 5.11 Å². The highest BCUT2D eigenvalue weighted by Gasteiger charge is 2.38. The number of halogens is 1. The van der Waals surface area contributed by atoms with Gasteiger partial charge in [0, 0.05) is 22.5 Å². The van der Waals surface area contributed by atoms with E-state index in [4.69, 9.17) is 0 Å². The highest BCUT2D eigenvalue weighted by molar-refractivity contribution is 9.10. The molecule has 0 radical (unpaired) electrons. The minimum Gasteiger partial charge on any atom is -0.384 e. The first-order valence-corrected chi connectivity index (χ1v) is 8.19. The second kappa shape index (κ2) is 5.90. The molecule has 0 bridgehead atoms. The highest BCUT2D eigenvalue weighted by atomic mass is 79.9. The smallest absolute Gasteiger partial charge is 0.104 e.